The average molecular weight is 273 g/mol. The second-order valence-electron chi connectivity index (χ2n) is 4.52. The molecule has 1 atom stereocenters. The van der Waals surface area contributed by atoms with E-state index in [1.54, 1.807) is 0 Å². The lowest BCUT2D eigenvalue weighted by Crippen LogP contribution is -2.42. The third kappa shape index (κ3) is 2.52. The third-order valence-electron chi connectivity index (χ3n) is 3.18. The molecule has 0 bridgehead atoms. The normalized spacial score (nSPS) is 20.0. The molecule has 1 aromatic heterocycles. The van der Waals surface area contributed by atoms with Crippen LogP contribution >= 0.6 is 11.6 Å². The fourth-order valence-electron chi connectivity index (χ4n) is 2.29. The lowest BCUT2D eigenvalue weighted by atomic mass is 10.1. The van der Waals surface area contributed by atoms with Crippen LogP contribution in [-0.2, 0) is 11.2 Å². The number of rotatable bonds is 3. The Morgan fingerprint density at radius 1 is 1.50 bits per heavy atom. The van der Waals surface area contributed by atoms with Gasteiger partial charge in [-0.15, -0.1) is 0 Å². The zero-order valence-corrected chi connectivity index (χ0v) is 11.1. The van der Waals surface area contributed by atoms with Crippen molar-refractivity contribution in [3.05, 3.63) is 31.6 Å². The van der Waals surface area contributed by atoms with Gasteiger partial charge in [0, 0.05) is 6.61 Å². The summed E-state index contributed by atoms with van der Waals surface area (Å²) in [5, 5.41) is 0.167. The first kappa shape index (κ1) is 13.4. The van der Waals surface area contributed by atoms with Crippen molar-refractivity contribution in [1.82, 2.24) is 9.55 Å². The van der Waals surface area contributed by atoms with Gasteiger partial charge in [0.2, 0.25) is 0 Å². The SMILES string of the molecule is CCCc1c(Cl)[nH]c(=O)n(C2CCCOC2)c1=O. The molecule has 0 spiro atoms. The van der Waals surface area contributed by atoms with E-state index < -0.39 is 5.69 Å². The Balaban J connectivity index is 2.49. The van der Waals surface area contributed by atoms with Crippen LogP contribution in [0.4, 0.5) is 0 Å². The molecule has 100 valence electrons. The topological polar surface area (TPSA) is 64.1 Å². The summed E-state index contributed by atoms with van der Waals surface area (Å²) in [5.74, 6) is 0. The molecule has 0 amide bonds. The summed E-state index contributed by atoms with van der Waals surface area (Å²) in [5.41, 5.74) is -0.231. The van der Waals surface area contributed by atoms with Crippen molar-refractivity contribution in [3.8, 4) is 0 Å². The minimum Gasteiger partial charge on any atom is -0.379 e. The summed E-state index contributed by atoms with van der Waals surface area (Å²) in [6, 6.07) is -0.178. The molecule has 1 saturated heterocycles. The van der Waals surface area contributed by atoms with Gasteiger partial charge in [0.05, 0.1) is 18.2 Å². The monoisotopic (exact) mass is 272 g/mol. The van der Waals surface area contributed by atoms with Crippen molar-refractivity contribution in [2.24, 2.45) is 0 Å². The van der Waals surface area contributed by atoms with Crippen LogP contribution in [0, 0.1) is 0 Å². The quantitative estimate of drug-likeness (QED) is 0.848. The Morgan fingerprint density at radius 3 is 2.89 bits per heavy atom. The van der Waals surface area contributed by atoms with Gasteiger partial charge in [-0.25, -0.2) is 4.79 Å². The predicted molar refractivity (Wildman–Crippen MR) is 69.4 cm³/mol. The van der Waals surface area contributed by atoms with Crippen LogP contribution in [0.15, 0.2) is 9.59 Å². The first-order valence-corrected chi connectivity index (χ1v) is 6.64. The van der Waals surface area contributed by atoms with Gasteiger partial charge in [-0.2, -0.15) is 0 Å². The van der Waals surface area contributed by atoms with E-state index in [1.807, 2.05) is 6.92 Å². The Bertz CT molecular complexity index is 529. The minimum absolute atomic E-state index is 0.167. The van der Waals surface area contributed by atoms with Crippen molar-refractivity contribution < 1.29 is 4.74 Å². The lowest BCUT2D eigenvalue weighted by molar-refractivity contribution is 0.0563. The summed E-state index contributed by atoms with van der Waals surface area (Å²) < 4.78 is 6.59. The van der Waals surface area contributed by atoms with E-state index in [1.165, 1.54) is 4.57 Å². The zero-order chi connectivity index (χ0) is 13.1. The van der Waals surface area contributed by atoms with Crippen LogP contribution in [0.25, 0.3) is 0 Å². The zero-order valence-electron chi connectivity index (χ0n) is 10.4. The number of H-pyrrole nitrogens is 1. The van der Waals surface area contributed by atoms with Gasteiger partial charge >= 0.3 is 5.69 Å². The third-order valence-corrected chi connectivity index (χ3v) is 3.50. The number of halogens is 1. The van der Waals surface area contributed by atoms with E-state index in [2.05, 4.69) is 4.98 Å². The number of hydrogen-bond donors (Lipinski definition) is 1. The molecule has 5 nitrogen and oxygen atoms in total. The maximum Gasteiger partial charge on any atom is 0.329 e. The maximum atomic E-state index is 12.3. The molecule has 6 heteroatoms. The number of nitrogens with one attached hydrogen (secondary N) is 1. The van der Waals surface area contributed by atoms with Crippen LogP contribution < -0.4 is 11.2 Å². The largest absolute Gasteiger partial charge is 0.379 e. The standard InChI is InChI=1S/C12H17ClN2O3/c1-2-4-9-10(13)14-12(17)15(11(9)16)8-5-3-6-18-7-8/h8H,2-7H2,1H3,(H,14,17). The summed E-state index contributed by atoms with van der Waals surface area (Å²) in [6.07, 6.45) is 3.03. The van der Waals surface area contributed by atoms with E-state index in [0.29, 0.717) is 25.2 Å². The van der Waals surface area contributed by atoms with Crippen LogP contribution in [-0.4, -0.2) is 22.8 Å². The fraction of sp³-hybridized carbons (Fsp3) is 0.667. The molecule has 0 saturated carbocycles. The first-order chi connectivity index (χ1) is 8.65. The molecule has 1 N–H and O–H groups in total. The van der Waals surface area contributed by atoms with Gasteiger partial charge < -0.3 is 4.74 Å². The summed E-state index contributed by atoms with van der Waals surface area (Å²) >= 11 is 5.92. The highest BCUT2D eigenvalue weighted by atomic mass is 35.5. The van der Waals surface area contributed by atoms with Crippen LogP contribution in [0.2, 0.25) is 5.15 Å². The van der Waals surface area contributed by atoms with E-state index >= 15 is 0 Å². The number of aromatic amines is 1. The lowest BCUT2D eigenvalue weighted by Gasteiger charge is -2.23. The van der Waals surface area contributed by atoms with Crippen molar-refractivity contribution in [2.45, 2.75) is 38.6 Å². The first-order valence-electron chi connectivity index (χ1n) is 6.26. The Hall–Kier alpha value is -1.07. The molecule has 0 radical (unpaired) electrons. The molecule has 1 unspecified atom stereocenters. The molecule has 1 aliphatic heterocycles. The van der Waals surface area contributed by atoms with Crippen molar-refractivity contribution in [2.75, 3.05) is 13.2 Å². The van der Waals surface area contributed by atoms with Crippen molar-refractivity contribution in [1.29, 1.82) is 0 Å². The summed E-state index contributed by atoms with van der Waals surface area (Å²) in [6.45, 7) is 3.07. The number of aromatic nitrogens is 2. The summed E-state index contributed by atoms with van der Waals surface area (Å²) in [7, 11) is 0. The number of hydrogen-bond acceptors (Lipinski definition) is 3. The molecule has 0 aliphatic carbocycles. The van der Waals surface area contributed by atoms with Crippen molar-refractivity contribution >= 4 is 11.6 Å². The number of ether oxygens (including phenoxy) is 1. The second kappa shape index (κ2) is 5.71. The van der Waals surface area contributed by atoms with Gasteiger partial charge in [-0.05, 0) is 19.3 Å². The molecule has 18 heavy (non-hydrogen) atoms. The molecule has 1 fully saturated rings. The fourth-order valence-corrected chi connectivity index (χ4v) is 2.54. The van der Waals surface area contributed by atoms with Gasteiger partial charge in [0.1, 0.15) is 5.15 Å². The van der Waals surface area contributed by atoms with Crippen LogP contribution in [0.1, 0.15) is 37.8 Å². The van der Waals surface area contributed by atoms with E-state index in [-0.39, 0.29) is 16.8 Å². The van der Waals surface area contributed by atoms with Gasteiger partial charge in [0.25, 0.3) is 5.56 Å². The average Bonchev–Trinajstić information content (AvgIpc) is 2.35. The maximum absolute atomic E-state index is 12.3. The van der Waals surface area contributed by atoms with Gasteiger partial charge in [-0.3, -0.25) is 14.3 Å². The van der Waals surface area contributed by atoms with E-state index in [9.17, 15) is 9.59 Å². The Labute approximate surface area is 110 Å². The minimum atomic E-state index is -0.444. The molecule has 0 aromatic carbocycles. The second-order valence-corrected chi connectivity index (χ2v) is 4.90. The molecular formula is C12H17ClN2O3. The number of nitrogens with zero attached hydrogens (tertiary/aromatic N) is 1. The van der Waals surface area contributed by atoms with Crippen molar-refractivity contribution in [3.63, 3.8) is 0 Å². The van der Waals surface area contributed by atoms with Gasteiger partial charge in [0.15, 0.2) is 0 Å². The Kier molecular flexibility index (Phi) is 4.24. The van der Waals surface area contributed by atoms with Crippen LogP contribution in [0.3, 0.4) is 0 Å². The molecule has 1 aliphatic rings. The Morgan fingerprint density at radius 2 is 2.28 bits per heavy atom. The predicted octanol–water partition coefficient (Wildman–Crippen LogP) is 1.49. The molecule has 2 rings (SSSR count). The smallest absolute Gasteiger partial charge is 0.329 e. The van der Waals surface area contributed by atoms with Crippen LogP contribution in [0.5, 0.6) is 0 Å². The molecule has 2 heterocycles. The van der Waals surface area contributed by atoms with E-state index in [0.717, 1.165) is 19.3 Å². The van der Waals surface area contributed by atoms with E-state index in [4.69, 9.17) is 16.3 Å². The molecule has 1 aromatic rings. The highest BCUT2D eigenvalue weighted by Gasteiger charge is 2.21. The van der Waals surface area contributed by atoms with Gasteiger partial charge in [-0.1, -0.05) is 24.9 Å². The highest BCUT2D eigenvalue weighted by Crippen LogP contribution is 2.17. The molecular weight excluding hydrogens is 256 g/mol. The summed E-state index contributed by atoms with van der Waals surface area (Å²) in [4.78, 5) is 26.7. The highest BCUT2D eigenvalue weighted by molar-refractivity contribution is 6.30.